The highest BCUT2D eigenvalue weighted by atomic mass is 16.5. The molecule has 1 atom stereocenters. The Bertz CT molecular complexity index is 523. The maximum absolute atomic E-state index is 12.1. The summed E-state index contributed by atoms with van der Waals surface area (Å²) in [5, 5.41) is 5.96. The van der Waals surface area contributed by atoms with Gasteiger partial charge < -0.3 is 20.3 Å². The number of nitrogens with zero attached hydrogens (tertiary/aromatic N) is 2. The first-order valence-corrected chi connectivity index (χ1v) is 8.49. The smallest absolute Gasteiger partial charge is 0.319 e. The SMILES string of the molecule is Cc1cc(NC(=O)NC2CCN(C[C@@H]3CCOC3)CC2)ccn1. The molecule has 3 rings (SSSR count). The number of rotatable bonds is 4. The number of hydrogen-bond donors (Lipinski definition) is 2. The number of urea groups is 1. The minimum atomic E-state index is -0.127. The fourth-order valence-electron chi connectivity index (χ4n) is 3.33. The Morgan fingerprint density at radius 3 is 2.91 bits per heavy atom. The van der Waals surface area contributed by atoms with Gasteiger partial charge in [-0.1, -0.05) is 0 Å². The van der Waals surface area contributed by atoms with Gasteiger partial charge in [0.2, 0.25) is 0 Å². The van der Waals surface area contributed by atoms with Gasteiger partial charge in [0, 0.05) is 49.9 Å². The van der Waals surface area contributed by atoms with Crippen molar-refractivity contribution in [2.24, 2.45) is 5.92 Å². The van der Waals surface area contributed by atoms with E-state index in [1.54, 1.807) is 12.3 Å². The molecule has 3 heterocycles. The molecule has 2 aliphatic heterocycles. The third kappa shape index (κ3) is 4.91. The number of aromatic nitrogens is 1. The van der Waals surface area contributed by atoms with E-state index in [2.05, 4.69) is 20.5 Å². The van der Waals surface area contributed by atoms with Gasteiger partial charge in [0.05, 0.1) is 6.61 Å². The van der Waals surface area contributed by atoms with Crippen molar-refractivity contribution in [3.05, 3.63) is 24.0 Å². The Labute approximate surface area is 137 Å². The van der Waals surface area contributed by atoms with Crippen LogP contribution < -0.4 is 10.6 Å². The van der Waals surface area contributed by atoms with Crippen molar-refractivity contribution in [1.82, 2.24) is 15.2 Å². The van der Waals surface area contributed by atoms with Crippen molar-refractivity contribution in [3.8, 4) is 0 Å². The molecule has 0 radical (unpaired) electrons. The van der Waals surface area contributed by atoms with Crippen LogP contribution in [0.2, 0.25) is 0 Å². The average molecular weight is 318 g/mol. The molecule has 6 nitrogen and oxygen atoms in total. The number of aryl methyl sites for hydroxylation is 1. The lowest BCUT2D eigenvalue weighted by Gasteiger charge is -2.33. The van der Waals surface area contributed by atoms with Gasteiger partial charge in [0.1, 0.15) is 0 Å². The lowest BCUT2D eigenvalue weighted by molar-refractivity contribution is 0.148. The molecule has 0 aromatic carbocycles. The molecule has 6 heteroatoms. The zero-order chi connectivity index (χ0) is 16.1. The minimum Gasteiger partial charge on any atom is -0.381 e. The van der Waals surface area contributed by atoms with Crippen molar-refractivity contribution in [2.75, 3.05) is 38.2 Å². The molecule has 1 aromatic heterocycles. The van der Waals surface area contributed by atoms with E-state index in [4.69, 9.17) is 4.74 Å². The van der Waals surface area contributed by atoms with Crippen LogP contribution in [0.5, 0.6) is 0 Å². The second kappa shape index (κ2) is 7.75. The van der Waals surface area contributed by atoms with E-state index >= 15 is 0 Å². The van der Waals surface area contributed by atoms with Gasteiger partial charge in [-0.2, -0.15) is 0 Å². The number of anilines is 1. The summed E-state index contributed by atoms with van der Waals surface area (Å²) in [6.07, 6.45) is 4.91. The van der Waals surface area contributed by atoms with Crippen LogP contribution in [0.1, 0.15) is 25.0 Å². The summed E-state index contributed by atoms with van der Waals surface area (Å²) in [7, 11) is 0. The maximum atomic E-state index is 12.1. The van der Waals surface area contributed by atoms with Gasteiger partial charge in [-0.3, -0.25) is 4.98 Å². The van der Waals surface area contributed by atoms with Crippen molar-refractivity contribution >= 4 is 11.7 Å². The summed E-state index contributed by atoms with van der Waals surface area (Å²) in [5.41, 5.74) is 1.68. The molecule has 2 aliphatic rings. The highest BCUT2D eigenvalue weighted by molar-refractivity contribution is 5.89. The third-order valence-electron chi connectivity index (χ3n) is 4.62. The quantitative estimate of drug-likeness (QED) is 0.891. The predicted octanol–water partition coefficient (Wildman–Crippen LogP) is 2.01. The molecule has 2 saturated heterocycles. The van der Waals surface area contributed by atoms with Crippen molar-refractivity contribution in [1.29, 1.82) is 0 Å². The first kappa shape index (κ1) is 16.2. The molecule has 0 saturated carbocycles. The van der Waals surface area contributed by atoms with Crippen LogP contribution in [-0.2, 0) is 4.74 Å². The number of pyridine rings is 1. The van der Waals surface area contributed by atoms with E-state index in [0.29, 0.717) is 5.92 Å². The molecule has 126 valence electrons. The molecule has 2 fully saturated rings. The molecule has 2 amide bonds. The minimum absolute atomic E-state index is 0.127. The van der Waals surface area contributed by atoms with Crippen LogP contribution in [-0.4, -0.2) is 54.8 Å². The molecule has 0 bridgehead atoms. The van der Waals surface area contributed by atoms with E-state index in [9.17, 15) is 4.79 Å². The van der Waals surface area contributed by atoms with Crippen molar-refractivity contribution < 1.29 is 9.53 Å². The highest BCUT2D eigenvalue weighted by Gasteiger charge is 2.24. The number of hydrogen-bond acceptors (Lipinski definition) is 4. The number of likely N-dealkylation sites (tertiary alicyclic amines) is 1. The molecule has 23 heavy (non-hydrogen) atoms. The molecule has 1 aromatic rings. The summed E-state index contributed by atoms with van der Waals surface area (Å²) in [4.78, 5) is 18.7. The van der Waals surface area contributed by atoms with Crippen LogP contribution in [0.3, 0.4) is 0 Å². The van der Waals surface area contributed by atoms with Gasteiger partial charge >= 0.3 is 6.03 Å². The number of carbonyl (C=O) groups excluding carboxylic acids is 1. The Morgan fingerprint density at radius 2 is 2.22 bits per heavy atom. The topological polar surface area (TPSA) is 66.5 Å². The first-order chi connectivity index (χ1) is 11.2. The van der Waals surface area contributed by atoms with E-state index in [0.717, 1.165) is 57.1 Å². The molecular formula is C17H26N4O2. The van der Waals surface area contributed by atoms with Crippen molar-refractivity contribution in [2.45, 2.75) is 32.2 Å². The molecule has 0 unspecified atom stereocenters. The molecule has 2 N–H and O–H groups in total. The molecule has 0 aliphatic carbocycles. The van der Waals surface area contributed by atoms with E-state index in [1.807, 2.05) is 13.0 Å². The lowest BCUT2D eigenvalue weighted by Crippen LogP contribution is -2.47. The van der Waals surface area contributed by atoms with Crippen LogP contribution in [0.25, 0.3) is 0 Å². The summed E-state index contributed by atoms with van der Waals surface area (Å²) < 4.78 is 5.44. The largest absolute Gasteiger partial charge is 0.381 e. The Balaban J connectivity index is 1.38. The van der Waals surface area contributed by atoms with Crippen LogP contribution >= 0.6 is 0 Å². The van der Waals surface area contributed by atoms with Gasteiger partial charge in [-0.15, -0.1) is 0 Å². The Morgan fingerprint density at radius 1 is 1.39 bits per heavy atom. The van der Waals surface area contributed by atoms with Crippen LogP contribution in [0.4, 0.5) is 10.5 Å². The number of carbonyl (C=O) groups is 1. The summed E-state index contributed by atoms with van der Waals surface area (Å²) in [6.45, 7) is 6.97. The maximum Gasteiger partial charge on any atom is 0.319 e. The van der Waals surface area contributed by atoms with Gasteiger partial charge in [-0.25, -0.2) is 4.79 Å². The second-order valence-electron chi connectivity index (χ2n) is 6.59. The second-order valence-corrected chi connectivity index (χ2v) is 6.59. The van der Waals surface area contributed by atoms with Crippen molar-refractivity contribution in [3.63, 3.8) is 0 Å². The van der Waals surface area contributed by atoms with Gasteiger partial charge in [-0.05, 0) is 44.2 Å². The third-order valence-corrected chi connectivity index (χ3v) is 4.62. The van der Waals surface area contributed by atoms with E-state index in [1.165, 1.54) is 6.42 Å². The zero-order valence-electron chi connectivity index (χ0n) is 13.8. The summed E-state index contributed by atoms with van der Waals surface area (Å²) >= 11 is 0. The van der Waals surface area contributed by atoms with Crippen LogP contribution in [0.15, 0.2) is 18.3 Å². The number of ether oxygens (including phenoxy) is 1. The number of piperidine rings is 1. The fourth-order valence-corrected chi connectivity index (χ4v) is 3.33. The normalized spacial score (nSPS) is 22.9. The lowest BCUT2D eigenvalue weighted by atomic mass is 10.0. The number of nitrogens with one attached hydrogen (secondary N) is 2. The molecular weight excluding hydrogens is 292 g/mol. The van der Waals surface area contributed by atoms with E-state index in [-0.39, 0.29) is 12.1 Å². The highest BCUT2D eigenvalue weighted by Crippen LogP contribution is 2.18. The first-order valence-electron chi connectivity index (χ1n) is 8.49. The Hall–Kier alpha value is -1.66. The Kier molecular flexibility index (Phi) is 5.46. The van der Waals surface area contributed by atoms with Gasteiger partial charge in [0.15, 0.2) is 0 Å². The summed E-state index contributed by atoms with van der Waals surface area (Å²) in [5.74, 6) is 0.692. The number of amides is 2. The standard InChI is InChI=1S/C17H26N4O2/c1-13-10-16(2-6-18-13)20-17(22)19-15-3-7-21(8-4-15)11-14-5-9-23-12-14/h2,6,10,14-15H,3-5,7-9,11-12H2,1H3,(H2,18,19,20,22)/t14-/m0/s1. The monoisotopic (exact) mass is 318 g/mol. The average Bonchev–Trinajstić information content (AvgIpc) is 3.02. The zero-order valence-corrected chi connectivity index (χ0v) is 13.8. The molecule has 0 spiro atoms. The van der Waals surface area contributed by atoms with Gasteiger partial charge in [0.25, 0.3) is 0 Å². The summed E-state index contributed by atoms with van der Waals surface area (Å²) in [6, 6.07) is 3.80. The predicted molar refractivity (Wildman–Crippen MR) is 89.5 cm³/mol. The fraction of sp³-hybridized carbons (Fsp3) is 0.647. The van der Waals surface area contributed by atoms with E-state index < -0.39 is 0 Å². The van der Waals surface area contributed by atoms with Crippen LogP contribution in [0, 0.1) is 12.8 Å².